The fraction of sp³-hybridized carbons (Fsp3) is 0.500. The molecule has 0 aromatic heterocycles. The predicted octanol–water partition coefficient (Wildman–Crippen LogP) is 1.16. The first-order chi connectivity index (χ1) is 10.0. The zero-order chi connectivity index (χ0) is 15.0. The van der Waals surface area contributed by atoms with Crippen molar-refractivity contribution in [2.75, 3.05) is 0 Å². The molecule has 0 spiro atoms. The molecule has 5 heteroatoms. The Bertz CT molecular complexity index is 560. The van der Waals surface area contributed by atoms with E-state index in [-0.39, 0.29) is 11.9 Å². The van der Waals surface area contributed by atoms with Crippen molar-refractivity contribution in [1.82, 2.24) is 4.90 Å². The number of fused-ring (bicyclic) bond motifs is 1. The first kappa shape index (κ1) is 14.1. The van der Waals surface area contributed by atoms with Gasteiger partial charge in [0.15, 0.2) is 0 Å². The van der Waals surface area contributed by atoms with Crippen LogP contribution in [0, 0.1) is 0 Å². The number of piperidine rings is 1. The van der Waals surface area contributed by atoms with E-state index < -0.39 is 17.6 Å². The lowest BCUT2D eigenvalue weighted by molar-refractivity contribution is -0.154. The third-order valence-electron chi connectivity index (χ3n) is 4.73. The number of hydrogen-bond acceptors (Lipinski definition) is 3. The van der Waals surface area contributed by atoms with Gasteiger partial charge in [0, 0.05) is 6.04 Å². The van der Waals surface area contributed by atoms with E-state index in [0.29, 0.717) is 19.3 Å². The van der Waals surface area contributed by atoms with Gasteiger partial charge in [-0.05, 0) is 37.7 Å². The Morgan fingerprint density at radius 1 is 1.29 bits per heavy atom. The molecule has 2 heterocycles. The van der Waals surface area contributed by atoms with Crippen molar-refractivity contribution in [3.63, 3.8) is 0 Å². The van der Waals surface area contributed by atoms with Crippen LogP contribution in [-0.4, -0.2) is 39.5 Å². The maximum atomic E-state index is 12.8. The second kappa shape index (κ2) is 5.15. The van der Waals surface area contributed by atoms with Gasteiger partial charge in [0.2, 0.25) is 5.91 Å². The molecule has 0 aliphatic carbocycles. The maximum Gasteiger partial charge on any atom is 0.326 e. The molecule has 2 fully saturated rings. The van der Waals surface area contributed by atoms with Gasteiger partial charge in [-0.15, -0.1) is 0 Å². The molecule has 2 saturated heterocycles. The third kappa shape index (κ3) is 2.42. The summed E-state index contributed by atoms with van der Waals surface area (Å²) in [4.78, 5) is 25.7. The average molecular weight is 288 g/mol. The molecule has 3 unspecified atom stereocenters. The van der Waals surface area contributed by atoms with Gasteiger partial charge in [-0.25, -0.2) is 4.79 Å². The number of carboxylic acid groups (broad SMARTS) is 1. The monoisotopic (exact) mass is 288 g/mol. The van der Waals surface area contributed by atoms with Crippen molar-refractivity contribution in [3.8, 4) is 0 Å². The van der Waals surface area contributed by atoms with Crippen LogP contribution in [0.5, 0.6) is 0 Å². The van der Waals surface area contributed by atoms with Crippen LogP contribution in [0.4, 0.5) is 0 Å². The summed E-state index contributed by atoms with van der Waals surface area (Å²) in [5.41, 5.74) is 6.40. The molecule has 2 aliphatic heterocycles. The highest BCUT2D eigenvalue weighted by molar-refractivity contribution is 5.91. The number of amides is 1. The first-order valence-electron chi connectivity index (χ1n) is 7.40. The van der Waals surface area contributed by atoms with Gasteiger partial charge >= 0.3 is 5.97 Å². The minimum Gasteiger partial charge on any atom is -0.480 e. The second-order valence-corrected chi connectivity index (χ2v) is 6.15. The SMILES string of the molecule is NC1(Cc2ccccc2)CCC2CCC(C(=O)O)N2C1=O. The molecule has 0 bridgehead atoms. The van der Waals surface area contributed by atoms with E-state index in [9.17, 15) is 14.7 Å². The molecule has 5 nitrogen and oxygen atoms in total. The summed E-state index contributed by atoms with van der Waals surface area (Å²) in [5.74, 6) is -1.12. The molecule has 0 saturated carbocycles. The third-order valence-corrected chi connectivity index (χ3v) is 4.73. The molecule has 3 atom stereocenters. The fourth-order valence-electron chi connectivity index (χ4n) is 3.63. The minimum absolute atomic E-state index is 0.0473. The van der Waals surface area contributed by atoms with Gasteiger partial charge in [-0.2, -0.15) is 0 Å². The van der Waals surface area contributed by atoms with Crippen LogP contribution in [0.1, 0.15) is 31.2 Å². The lowest BCUT2D eigenvalue weighted by Crippen LogP contribution is -2.64. The Hall–Kier alpha value is -1.88. The molecular weight excluding hydrogens is 268 g/mol. The lowest BCUT2D eigenvalue weighted by atomic mass is 9.81. The van der Waals surface area contributed by atoms with Crippen LogP contribution >= 0.6 is 0 Å². The summed E-state index contributed by atoms with van der Waals surface area (Å²) in [6.07, 6.45) is 3.17. The van der Waals surface area contributed by atoms with E-state index in [4.69, 9.17) is 5.73 Å². The van der Waals surface area contributed by atoms with Crippen LogP contribution < -0.4 is 5.73 Å². The van der Waals surface area contributed by atoms with Gasteiger partial charge in [-0.1, -0.05) is 30.3 Å². The number of nitrogens with zero attached hydrogens (tertiary/aromatic N) is 1. The number of carbonyl (C=O) groups is 2. The van der Waals surface area contributed by atoms with Crippen LogP contribution in [0.15, 0.2) is 30.3 Å². The minimum atomic E-state index is -0.976. The van der Waals surface area contributed by atoms with Gasteiger partial charge in [0.1, 0.15) is 6.04 Å². The summed E-state index contributed by atoms with van der Waals surface area (Å²) in [6.45, 7) is 0. The van der Waals surface area contributed by atoms with Crippen molar-refractivity contribution >= 4 is 11.9 Å². The number of rotatable bonds is 3. The predicted molar refractivity (Wildman–Crippen MR) is 77.6 cm³/mol. The molecule has 3 N–H and O–H groups in total. The van der Waals surface area contributed by atoms with Crippen LogP contribution in [0.3, 0.4) is 0 Å². The molecule has 2 aliphatic rings. The summed E-state index contributed by atoms with van der Waals surface area (Å²) in [5, 5.41) is 9.30. The van der Waals surface area contributed by atoms with E-state index >= 15 is 0 Å². The number of aliphatic carboxylic acids is 1. The standard InChI is InChI=1S/C16H20N2O3/c17-16(10-11-4-2-1-3-5-11)9-8-12-6-7-13(14(19)20)18(12)15(16)21/h1-5,12-13H,6-10,17H2,(H,19,20). The Kier molecular flexibility index (Phi) is 3.45. The number of carbonyl (C=O) groups excluding carboxylic acids is 1. The van der Waals surface area contributed by atoms with Gasteiger partial charge in [0.25, 0.3) is 0 Å². The molecular formula is C16H20N2O3. The summed E-state index contributed by atoms with van der Waals surface area (Å²) < 4.78 is 0. The number of hydrogen-bond donors (Lipinski definition) is 2. The van der Waals surface area contributed by atoms with Crippen molar-refractivity contribution in [2.45, 2.75) is 49.7 Å². The Labute approximate surface area is 123 Å². The lowest BCUT2D eigenvalue weighted by Gasteiger charge is -2.42. The van der Waals surface area contributed by atoms with Gasteiger partial charge < -0.3 is 15.7 Å². The van der Waals surface area contributed by atoms with Crippen LogP contribution in [0.25, 0.3) is 0 Å². The zero-order valence-corrected chi connectivity index (χ0v) is 11.9. The molecule has 1 amide bonds. The van der Waals surface area contributed by atoms with Gasteiger partial charge in [0.05, 0.1) is 5.54 Å². The fourth-order valence-corrected chi connectivity index (χ4v) is 3.63. The number of nitrogens with two attached hydrogens (primary N) is 1. The molecule has 1 aromatic rings. The van der Waals surface area contributed by atoms with E-state index in [1.54, 1.807) is 0 Å². The number of carboxylic acids is 1. The van der Waals surface area contributed by atoms with E-state index in [1.165, 1.54) is 4.90 Å². The topological polar surface area (TPSA) is 83.6 Å². The quantitative estimate of drug-likeness (QED) is 0.874. The van der Waals surface area contributed by atoms with E-state index in [0.717, 1.165) is 18.4 Å². The summed E-state index contributed by atoms with van der Waals surface area (Å²) >= 11 is 0. The zero-order valence-electron chi connectivity index (χ0n) is 11.9. The summed E-state index contributed by atoms with van der Waals surface area (Å²) in [6, 6.07) is 9.01. The molecule has 3 rings (SSSR count). The second-order valence-electron chi connectivity index (χ2n) is 6.15. The largest absolute Gasteiger partial charge is 0.480 e. The highest BCUT2D eigenvalue weighted by atomic mass is 16.4. The highest BCUT2D eigenvalue weighted by Gasteiger charge is 2.51. The van der Waals surface area contributed by atoms with Crippen LogP contribution in [0.2, 0.25) is 0 Å². The average Bonchev–Trinajstić information content (AvgIpc) is 2.89. The van der Waals surface area contributed by atoms with Crippen molar-refractivity contribution in [2.24, 2.45) is 5.73 Å². The van der Waals surface area contributed by atoms with Crippen molar-refractivity contribution in [3.05, 3.63) is 35.9 Å². The summed E-state index contributed by atoms with van der Waals surface area (Å²) in [7, 11) is 0. The highest BCUT2D eigenvalue weighted by Crippen LogP contribution is 2.37. The molecule has 21 heavy (non-hydrogen) atoms. The maximum absolute atomic E-state index is 12.8. The normalized spacial score (nSPS) is 32.0. The molecule has 0 radical (unpaired) electrons. The Morgan fingerprint density at radius 2 is 2.00 bits per heavy atom. The van der Waals surface area contributed by atoms with Crippen molar-refractivity contribution < 1.29 is 14.7 Å². The van der Waals surface area contributed by atoms with E-state index in [2.05, 4.69) is 0 Å². The first-order valence-corrected chi connectivity index (χ1v) is 7.40. The van der Waals surface area contributed by atoms with E-state index in [1.807, 2.05) is 30.3 Å². The van der Waals surface area contributed by atoms with Crippen LogP contribution in [-0.2, 0) is 16.0 Å². The molecule has 1 aromatic carbocycles. The molecule has 112 valence electrons. The Balaban J connectivity index is 1.84. The van der Waals surface area contributed by atoms with Gasteiger partial charge in [-0.3, -0.25) is 4.79 Å². The number of benzene rings is 1. The van der Waals surface area contributed by atoms with Crippen molar-refractivity contribution in [1.29, 1.82) is 0 Å². The Morgan fingerprint density at radius 3 is 2.67 bits per heavy atom. The smallest absolute Gasteiger partial charge is 0.326 e.